The molecule has 2 aromatic rings. The summed E-state index contributed by atoms with van der Waals surface area (Å²) in [4.78, 5) is 1.07. The molecule has 1 aromatic carbocycles. The van der Waals surface area contributed by atoms with Crippen molar-refractivity contribution in [3.8, 4) is 5.75 Å². The van der Waals surface area contributed by atoms with Gasteiger partial charge >= 0.3 is 5.51 Å². The zero-order valence-electron chi connectivity index (χ0n) is 15.3. The fourth-order valence-corrected chi connectivity index (χ4v) is 3.83. The first kappa shape index (κ1) is 22.9. The van der Waals surface area contributed by atoms with Crippen molar-refractivity contribution < 1.29 is 34.9 Å². The number of aryl methyl sites for hydroxylation is 1. The van der Waals surface area contributed by atoms with Crippen molar-refractivity contribution in [2.24, 2.45) is 0 Å². The maximum atomic E-state index is 14.5. The van der Waals surface area contributed by atoms with Crippen LogP contribution in [0.15, 0.2) is 24.4 Å². The van der Waals surface area contributed by atoms with Gasteiger partial charge in [-0.25, -0.2) is 17.6 Å². The quantitative estimate of drug-likeness (QED) is 0.367. The monoisotopic (exact) mass is 477 g/mol. The number of hydrogen-bond donors (Lipinski definition) is 0. The summed E-state index contributed by atoms with van der Waals surface area (Å²) in [5.74, 6) is -3.65. The van der Waals surface area contributed by atoms with Gasteiger partial charge in [0, 0.05) is 18.0 Å². The Bertz CT molecular complexity index is 906. The number of benzene rings is 1. The molecular weight excluding hydrogens is 463 g/mol. The SMILES string of the molecule is Cc1cnn(C2CN(c3cc(Cl)ccc3OSC(F)(F)F)CC(F)(F)C2)c1C(F)F. The van der Waals surface area contributed by atoms with Gasteiger partial charge < -0.3 is 9.08 Å². The van der Waals surface area contributed by atoms with Crippen LogP contribution in [0.1, 0.15) is 30.1 Å². The van der Waals surface area contributed by atoms with Gasteiger partial charge in [-0.2, -0.15) is 18.3 Å². The van der Waals surface area contributed by atoms with E-state index in [1.165, 1.54) is 19.1 Å². The lowest BCUT2D eigenvalue weighted by Gasteiger charge is -2.39. The highest BCUT2D eigenvalue weighted by molar-refractivity contribution is 7.95. The van der Waals surface area contributed by atoms with E-state index in [4.69, 9.17) is 11.6 Å². The van der Waals surface area contributed by atoms with Crippen LogP contribution in [-0.2, 0) is 0 Å². The third-order valence-electron chi connectivity index (χ3n) is 4.45. The van der Waals surface area contributed by atoms with Gasteiger partial charge in [-0.05, 0) is 30.7 Å². The number of rotatable bonds is 5. The molecule has 13 heteroatoms. The smallest absolute Gasteiger partial charge is 0.415 e. The van der Waals surface area contributed by atoms with E-state index >= 15 is 0 Å². The van der Waals surface area contributed by atoms with E-state index in [-0.39, 0.29) is 28.6 Å². The molecule has 4 nitrogen and oxygen atoms in total. The van der Waals surface area contributed by atoms with E-state index in [2.05, 4.69) is 9.28 Å². The highest BCUT2D eigenvalue weighted by Gasteiger charge is 2.43. The Morgan fingerprint density at radius 2 is 2.00 bits per heavy atom. The molecule has 0 spiro atoms. The molecule has 1 saturated heterocycles. The van der Waals surface area contributed by atoms with Gasteiger partial charge in [-0.1, -0.05) is 11.6 Å². The second-order valence-corrected chi connectivity index (χ2v) is 8.01. The molecule has 1 aliphatic heterocycles. The lowest BCUT2D eigenvalue weighted by molar-refractivity contribution is -0.0372. The average molecular weight is 478 g/mol. The zero-order chi connectivity index (χ0) is 22.3. The Kier molecular flexibility index (Phi) is 6.38. The Labute approximate surface area is 176 Å². The van der Waals surface area contributed by atoms with Crippen LogP contribution in [-0.4, -0.2) is 34.3 Å². The van der Waals surface area contributed by atoms with Crippen molar-refractivity contribution in [1.29, 1.82) is 0 Å². The summed E-state index contributed by atoms with van der Waals surface area (Å²) >= 11 is 5.11. The highest BCUT2D eigenvalue weighted by Crippen LogP contribution is 2.43. The minimum absolute atomic E-state index is 0.0861. The largest absolute Gasteiger partial charge is 0.479 e. The van der Waals surface area contributed by atoms with Gasteiger partial charge in [0.1, 0.15) is 5.69 Å². The van der Waals surface area contributed by atoms with Gasteiger partial charge in [0.2, 0.25) is 0 Å². The first-order valence-corrected chi connectivity index (χ1v) is 9.65. The first-order valence-electron chi connectivity index (χ1n) is 8.53. The molecule has 1 fully saturated rings. The van der Waals surface area contributed by atoms with Gasteiger partial charge in [0.05, 0.1) is 24.5 Å². The maximum Gasteiger partial charge on any atom is 0.479 e. The molecule has 166 valence electrons. The van der Waals surface area contributed by atoms with Gasteiger partial charge in [0.15, 0.2) is 17.8 Å². The van der Waals surface area contributed by atoms with Gasteiger partial charge in [0.25, 0.3) is 12.3 Å². The molecule has 30 heavy (non-hydrogen) atoms. The summed E-state index contributed by atoms with van der Waals surface area (Å²) in [7, 11) is 0. The van der Waals surface area contributed by atoms with Crippen molar-refractivity contribution >= 4 is 29.3 Å². The Balaban J connectivity index is 1.96. The summed E-state index contributed by atoms with van der Waals surface area (Å²) in [5.41, 5.74) is -5.15. The van der Waals surface area contributed by atoms with E-state index in [0.717, 1.165) is 21.8 Å². The Morgan fingerprint density at radius 1 is 1.30 bits per heavy atom. The van der Waals surface area contributed by atoms with E-state index < -0.39 is 54.6 Å². The number of nitrogens with zero attached hydrogens (tertiary/aromatic N) is 3. The van der Waals surface area contributed by atoms with Crippen LogP contribution < -0.4 is 9.08 Å². The second-order valence-electron chi connectivity index (χ2n) is 6.78. The minimum atomic E-state index is -4.72. The fraction of sp³-hybridized carbons (Fsp3) is 0.471. The molecule has 1 aliphatic rings. The summed E-state index contributed by atoms with van der Waals surface area (Å²) in [6, 6.07) is 2.42. The van der Waals surface area contributed by atoms with Crippen LogP contribution >= 0.6 is 23.6 Å². The third-order valence-corrected chi connectivity index (χ3v) is 5.14. The number of aromatic nitrogens is 2. The summed E-state index contributed by atoms with van der Waals surface area (Å²) in [6.45, 7) is 0.339. The molecule has 2 heterocycles. The molecular formula is C17H15ClF7N3OS. The van der Waals surface area contributed by atoms with Crippen molar-refractivity contribution in [1.82, 2.24) is 9.78 Å². The number of piperidine rings is 1. The van der Waals surface area contributed by atoms with Crippen molar-refractivity contribution in [2.45, 2.75) is 37.2 Å². The number of halogens is 8. The van der Waals surface area contributed by atoms with Crippen LogP contribution in [0, 0.1) is 6.92 Å². The molecule has 0 N–H and O–H groups in total. The maximum absolute atomic E-state index is 14.5. The molecule has 1 aromatic heterocycles. The number of hydrogen-bond acceptors (Lipinski definition) is 4. The van der Waals surface area contributed by atoms with Crippen LogP contribution in [0.3, 0.4) is 0 Å². The van der Waals surface area contributed by atoms with E-state index in [0.29, 0.717) is 0 Å². The van der Waals surface area contributed by atoms with Crippen molar-refractivity contribution in [2.75, 3.05) is 18.0 Å². The molecule has 1 atom stereocenters. The minimum Gasteiger partial charge on any atom is -0.415 e. The van der Waals surface area contributed by atoms with E-state index in [1.807, 2.05) is 0 Å². The van der Waals surface area contributed by atoms with E-state index in [9.17, 15) is 30.7 Å². The molecule has 0 radical (unpaired) electrons. The highest BCUT2D eigenvalue weighted by atomic mass is 35.5. The molecule has 0 bridgehead atoms. The third kappa shape index (κ3) is 5.26. The molecule has 3 rings (SSSR count). The van der Waals surface area contributed by atoms with Crippen LogP contribution in [0.5, 0.6) is 5.75 Å². The first-order chi connectivity index (χ1) is 13.9. The predicted octanol–water partition coefficient (Wildman–Crippen LogP) is 6.42. The van der Waals surface area contributed by atoms with Crippen LogP contribution in [0.25, 0.3) is 0 Å². The van der Waals surface area contributed by atoms with Gasteiger partial charge in [-0.15, -0.1) is 0 Å². The normalized spacial score (nSPS) is 19.4. The summed E-state index contributed by atoms with van der Waals surface area (Å²) < 4.78 is 98.9. The zero-order valence-corrected chi connectivity index (χ0v) is 16.8. The topological polar surface area (TPSA) is 30.3 Å². The molecule has 0 amide bonds. The average Bonchev–Trinajstić information content (AvgIpc) is 3.00. The van der Waals surface area contributed by atoms with Gasteiger partial charge in [-0.3, -0.25) is 4.68 Å². The summed E-state index contributed by atoms with van der Waals surface area (Å²) in [5, 5.41) is 3.92. The molecule has 0 aliphatic carbocycles. The lowest BCUT2D eigenvalue weighted by atomic mass is 10.0. The molecule has 0 saturated carbocycles. The van der Waals surface area contributed by atoms with Crippen LogP contribution in [0.2, 0.25) is 5.02 Å². The number of alkyl halides is 7. The van der Waals surface area contributed by atoms with Crippen molar-refractivity contribution in [3.63, 3.8) is 0 Å². The van der Waals surface area contributed by atoms with Crippen molar-refractivity contribution in [3.05, 3.63) is 40.7 Å². The fourth-order valence-electron chi connectivity index (χ4n) is 3.34. The summed E-state index contributed by atoms with van der Waals surface area (Å²) in [6.07, 6.45) is -2.52. The lowest BCUT2D eigenvalue weighted by Crippen LogP contribution is -2.48. The Hall–Kier alpha value is -1.82. The Morgan fingerprint density at radius 3 is 2.63 bits per heavy atom. The van der Waals surface area contributed by atoms with Crippen LogP contribution in [0.4, 0.5) is 36.4 Å². The molecule has 1 unspecified atom stereocenters. The van der Waals surface area contributed by atoms with E-state index in [1.54, 1.807) is 0 Å². The predicted molar refractivity (Wildman–Crippen MR) is 98.5 cm³/mol. The second kappa shape index (κ2) is 8.37. The number of anilines is 1. The standard InChI is InChI=1S/C17H15ClF7N3OS/c1-9-6-26-28(14(9)15(19)20)11-5-16(21,22)8-27(7-11)12-4-10(18)2-3-13(12)29-30-17(23,24)25/h2-4,6,11,15H,5,7-8H2,1H3.